The van der Waals surface area contributed by atoms with Crippen molar-refractivity contribution in [2.75, 3.05) is 50.4 Å². The van der Waals surface area contributed by atoms with Crippen molar-refractivity contribution in [2.24, 2.45) is 0 Å². The quantitative estimate of drug-likeness (QED) is 0.652. The Morgan fingerprint density at radius 1 is 1.31 bits per heavy atom. The average molecular weight is 384 g/mol. The van der Waals surface area contributed by atoms with Gasteiger partial charge in [0.1, 0.15) is 12.3 Å². The Hall–Kier alpha value is -1.80. The Morgan fingerprint density at radius 2 is 2.00 bits per heavy atom. The molecular formula is C18H29N3O4S. The highest BCUT2D eigenvalue weighted by atomic mass is 32.2. The molecule has 0 aromatic heterocycles. The maximum absolute atomic E-state index is 12.3. The van der Waals surface area contributed by atoms with E-state index in [9.17, 15) is 13.2 Å². The maximum Gasteiger partial charge on any atom is 0.240 e. The number of nitrogens with zero attached hydrogens (tertiary/aromatic N) is 2. The van der Waals surface area contributed by atoms with Crippen molar-refractivity contribution < 1.29 is 17.9 Å². The fourth-order valence-electron chi connectivity index (χ4n) is 3.10. The second-order valence-corrected chi connectivity index (χ2v) is 8.60. The number of amides is 1. The van der Waals surface area contributed by atoms with E-state index in [1.165, 1.54) is 20.0 Å². The molecule has 0 saturated carbocycles. The molecule has 1 aromatic carbocycles. The summed E-state index contributed by atoms with van der Waals surface area (Å²) in [7, 11) is -2.14. The number of carbonyl (C=O) groups excluding carboxylic acids is 1. The summed E-state index contributed by atoms with van der Waals surface area (Å²) in [5, 5.41) is 2.82. The van der Waals surface area contributed by atoms with Crippen LogP contribution in [0.3, 0.4) is 0 Å². The van der Waals surface area contributed by atoms with Gasteiger partial charge in [-0.05, 0) is 63.5 Å². The fraction of sp³-hybridized carbons (Fsp3) is 0.611. The minimum Gasteiger partial charge on any atom is -0.495 e. The first-order valence-electron chi connectivity index (χ1n) is 8.92. The lowest BCUT2D eigenvalue weighted by Crippen LogP contribution is -2.41. The van der Waals surface area contributed by atoms with E-state index in [0.717, 1.165) is 42.2 Å². The van der Waals surface area contributed by atoms with Crippen LogP contribution < -0.4 is 14.4 Å². The highest BCUT2D eigenvalue weighted by molar-refractivity contribution is 7.92. The Morgan fingerprint density at radius 3 is 2.62 bits per heavy atom. The molecule has 2 rings (SSSR count). The Kier molecular flexibility index (Phi) is 7.28. The molecule has 8 heteroatoms. The summed E-state index contributed by atoms with van der Waals surface area (Å²) >= 11 is 0. The van der Waals surface area contributed by atoms with Gasteiger partial charge in [0, 0.05) is 6.54 Å². The molecule has 146 valence electrons. The van der Waals surface area contributed by atoms with E-state index in [-0.39, 0.29) is 12.5 Å². The van der Waals surface area contributed by atoms with Crippen molar-refractivity contribution in [1.29, 1.82) is 0 Å². The van der Waals surface area contributed by atoms with Crippen molar-refractivity contribution in [3.63, 3.8) is 0 Å². The van der Waals surface area contributed by atoms with Gasteiger partial charge in [-0.15, -0.1) is 0 Å². The van der Waals surface area contributed by atoms with E-state index in [1.807, 2.05) is 13.0 Å². The Labute approximate surface area is 156 Å². The van der Waals surface area contributed by atoms with E-state index >= 15 is 0 Å². The monoisotopic (exact) mass is 383 g/mol. The zero-order valence-corrected chi connectivity index (χ0v) is 16.6. The van der Waals surface area contributed by atoms with Gasteiger partial charge in [-0.25, -0.2) is 8.42 Å². The number of likely N-dealkylation sites (tertiary alicyclic amines) is 1. The molecule has 1 aliphatic heterocycles. The van der Waals surface area contributed by atoms with E-state index < -0.39 is 10.0 Å². The van der Waals surface area contributed by atoms with Crippen LogP contribution in [0.2, 0.25) is 0 Å². The van der Waals surface area contributed by atoms with Crippen LogP contribution in [-0.4, -0.2) is 65.3 Å². The number of nitrogens with one attached hydrogen (secondary N) is 1. The molecule has 1 amide bonds. The van der Waals surface area contributed by atoms with Gasteiger partial charge in [0.05, 0.1) is 19.1 Å². The number of ether oxygens (including phenoxy) is 1. The zero-order valence-electron chi connectivity index (χ0n) is 15.8. The number of methoxy groups -OCH3 is 1. The SMILES string of the molecule is COc1ccc(C)cc1N(CC(=O)NCCCN1CCCC1)S(C)(=O)=O. The molecular weight excluding hydrogens is 354 g/mol. The Balaban J connectivity index is 1.97. The second kappa shape index (κ2) is 9.23. The summed E-state index contributed by atoms with van der Waals surface area (Å²) in [6.45, 7) is 5.36. The van der Waals surface area contributed by atoms with E-state index in [0.29, 0.717) is 18.0 Å². The van der Waals surface area contributed by atoms with Gasteiger partial charge in [0.25, 0.3) is 0 Å². The molecule has 1 N–H and O–H groups in total. The van der Waals surface area contributed by atoms with Crippen LogP contribution in [0.5, 0.6) is 5.75 Å². The molecule has 0 atom stereocenters. The molecule has 0 unspecified atom stereocenters. The third-order valence-electron chi connectivity index (χ3n) is 4.46. The van der Waals surface area contributed by atoms with Crippen LogP contribution in [0.1, 0.15) is 24.8 Å². The number of hydrogen-bond acceptors (Lipinski definition) is 5. The summed E-state index contributed by atoms with van der Waals surface area (Å²) in [6, 6.07) is 5.25. The molecule has 1 heterocycles. The molecule has 1 aliphatic rings. The lowest BCUT2D eigenvalue weighted by molar-refractivity contribution is -0.119. The van der Waals surface area contributed by atoms with Crippen LogP contribution in [0, 0.1) is 6.92 Å². The predicted molar refractivity (Wildman–Crippen MR) is 103 cm³/mol. The first-order chi connectivity index (χ1) is 12.3. The fourth-order valence-corrected chi connectivity index (χ4v) is 3.95. The predicted octanol–water partition coefficient (Wildman–Crippen LogP) is 1.37. The molecule has 7 nitrogen and oxygen atoms in total. The van der Waals surface area contributed by atoms with E-state index in [1.54, 1.807) is 12.1 Å². The summed E-state index contributed by atoms with van der Waals surface area (Å²) in [5.41, 5.74) is 1.27. The van der Waals surface area contributed by atoms with Crippen LogP contribution in [0.15, 0.2) is 18.2 Å². The van der Waals surface area contributed by atoms with Crippen molar-refractivity contribution in [2.45, 2.75) is 26.2 Å². The lowest BCUT2D eigenvalue weighted by Gasteiger charge is -2.24. The smallest absolute Gasteiger partial charge is 0.240 e. The molecule has 0 spiro atoms. The number of sulfonamides is 1. The Bertz CT molecular complexity index is 715. The van der Waals surface area contributed by atoms with Crippen LogP contribution in [-0.2, 0) is 14.8 Å². The minimum absolute atomic E-state index is 0.262. The van der Waals surface area contributed by atoms with Crippen LogP contribution >= 0.6 is 0 Å². The summed E-state index contributed by atoms with van der Waals surface area (Å²) in [6.07, 6.45) is 4.44. The van der Waals surface area contributed by atoms with Gasteiger partial charge < -0.3 is 15.0 Å². The number of aryl methyl sites for hydroxylation is 1. The van der Waals surface area contributed by atoms with Gasteiger partial charge in [0.15, 0.2) is 0 Å². The highest BCUT2D eigenvalue weighted by Gasteiger charge is 2.24. The number of benzene rings is 1. The molecule has 1 fully saturated rings. The maximum atomic E-state index is 12.3. The standard InChI is InChI=1S/C18H29N3O4S/c1-15-7-8-17(25-2)16(13-15)21(26(3,23)24)14-18(22)19-9-6-12-20-10-4-5-11-20/h7-8,13H,4-6,9-12,14H2,1-3H3,(H,19,22). The normalized spacial score (nSPS) is 15.0. The highest BCUT2D eigenvalue weighted by Crippen LogP contribution is 2.30. The average Bonchev–Trinajstić information content (AvgIpc) is 3.09. The van der Waals surface area contributed by atoms with E-state index in [4.69, 9.17) is 4.74 Å². The van der Waals surface area contributed by atoms with Gasteiger partial charge in [0.2, 0.25) is 15.9 Å². The zero-order chi connectivity index (χ0) is 19.2. The summed E-state index contributed by atoms with van der Waals surface area (Å²) < 4.78 is 30.8. The molecule has 26 heavy (non-hydrogen) atoms. The van der Waals surface area contributed by atoms with Crippen molar-refractivity contribution >= 4 is 21.6 Å². The summed E-state index contributed by atoms with van der Waals surface area (Å²) in [5.74, 6) is 0.100. The lowest BCUT2D eigenvalue weighted by atomic mass is 10.2. The third kappa shape index (κ3) is 5.88. The minimum atomic E-state index is -3.62. The van der Waals surface area contributed by atoms with Crippen molar-refractivity contribution in [3.8, 4) is 5.75 Å². The number of carbonyl (C=O) groups is 1. The number of rotatable bonds is 9. The van der Waals surface area contributed by atoms with Crippen LogP contribution in [0.4, 0.5) is 5.69 Å². The van der Waals surface area contributed by atoms with Crippen LogP contribution in [0.25, 0.3) is 0 Å². The van der Waals surface area contributed by atoms with Crippen molar-refractivity contribution in [3.05, 3.63) is 23.8 Å². The molecule has 1 aromatic rings. The van der Waals surface area contributed by atoms with Gasteiger partial charge in [-0.1, -0.05) is 6.07 Å². The summed E-state index contributed by atoms with van der Waals surface area (Å²) in [4.78, 5) is 14.7. The molecule has 0 aliphatic carbocycles. The molecule has 1 saturated heterocycles. The topological polar surface area (TPSA) is 79.0 Å². The second-order valence-electron chi connectivity index (χ2n) is 6.70. The first-order valence-corrected chi connectivity index (χ1v) is 10.8. The van der Waals surface area contributed by atoms with Gasteiger partial charge >= 0.3 is 0 Å². The van der Waals surface area contributed by atoms with Gasteiger partial charge in [-0.2, -0.15) is 0 Å². The third-order valence-corrected chi connectivity index (χ3v) is 5.59. The molecule has 0 bridgehead atoms. The van der Waals surface area contributed by atoms with Crippen molar-refractivity contribution in [1.82, 2.24) is 10.2 Å². The number of anilines is 1. The van der Waals surface area contributed by atoms with Gasteiger partial charge in [-0.3, -0.25) is 9.10 Å². The first kappa shape index (κ1) is 20.5. The van der Waals surface area contributed by atoms with E-state index in [2.05, 4.69) is 10.2 Å². The largest absolute Gasteiger partial charge is 0.495 e. The number of hydrogen-bond donors (Lipinski definition) is 1. The molecule has 0 radical (unpaired) electrons.